The third-order valence-electron chi connectivity index (χ3n) is 3.42. The quantitative estimate of drug-likeness (QED) is 0.578. The monoisotopic (exact) mass is 228 g/mol. The molecule has 1 rings (SSSR count). The summed E-state index contributed by atoms with van der Waals surface area (Å²) >= 11 is 0. The van der Waals surface area contributed by atoms with E-state index in [9.17, 15) is 0 Å². The van der Waals surface area contributed by atoms with E-state index in [1.807, 2.05) is 0 Å². The lowest BCUT2D eigenvalue weighted by Crippen LogP contribution is -2.31. The van der Waals surface area contributed by atoms with Crippen molar-refractivity contribution in [1.29, 1.82) is 0 Å². The molecule has 96 valence electrons. The van der Waals surface area contributed by atoms with E-state index in [0.717, 1.165) is 25.6 Å². The number of hydrogen-bond acceptors (Lipinski definition) is 3. The molecule has 0 spiro atoms. The van der Waals surface area contributed by atoms with Crippen LogP contribution in [0.5, 0.6) is 0 Å². The molecule has 1 atom stereocenters. The lowest BCUT2D eigenvalue weighted by molar-refractivity contribution is 0.165. The molecule has 1 fully saturated rings. The normalized spacial score (nSPS) is 18.0. The topological polar surface area (TPSA) is 24.5 Å². The van der Waals surface area contributed by atoms with Crippen LogP contribution in [0.15, 0.2) is 0 Å². The molecule has 0 bridgehead atoms. The largest absolute Gasteiger partial charge is 0.385 e. The number of methoxy groups -OCH3 is 1. The highest BCUT2D eigenvalue weighted by atomic mass is 16.5. The molecular formula is C13H28N2O. The molecule has 0 aromatic heterocycles. The zero-order valence-electron chi connectivity index (χ0n) is 11.2. The Kier molecular flexibility index (Phi) is 7.01. The van der Waals surface area contributed by atoms with Gasteiger partial charge in [-0.3, -0.25) is 0 Å². The van der Waals surface area contributed by atoms with Crippen molar-refractivity contribution >= 4 is 0 Å². The fourth-order valence-electron chi connectivity index (χ4n) is 1.89. The van der Waals surface area contributed by atoms with Gasteiger partial charge in [0.25, 0.3) is 0 Å². The lowest BCUT2D eigenvalue weighted by Gasteiger charge is -2.24. The molecule has 1 aliphatic carbocycles. The van der Waals surface area contributed by atoms with Crippen molar-refractivity contribution in [3.8, 4) is 0 Å². The molecule has 1 unspecified atom stereocenters. The summed E-state index contributed by atoms with van der Waals surface area (Å²) in [5.74, 6) is 0. The summed E-state index contributed by atoms with van der Waals surface area (Å²) in [6.45, 7) is 5.54. The number of nitrogens with zero attached hydrogens (tertiary/aromatic N) is 1. The number of nitrogens with one attached hydrogen (secondary N) is 1. The molecule has 0 aromatic rings. The summed E-state index contributed by atoms with van der Waals surface area (Å²) in [5, 5.41) is 3.56. The molecule has 16 heavy (non-hydrogen) atoms. The van der Waals surface area contributed by atoms with Gasteiger partial charge >= 0.3 is 0 Å². The first kappa shape index (κ1) is 13.9. The highest BCUT2D eigenvalue weighted by molar-refractivity contribution is 4.80. The second-order valence-electron chi connectivity index (χ2n) is 5.05. The van der Waals surface area contributed by atoms with Crippen LogP contribution in [0.1, 0.15) is 39.0 Å². The highest BCUT2D eigenvalue weighted by Crippen LogP contribution is 2.18. The summed E-state index contributed by atoms with van der Waals surface area (Å²) < 4.78 is 5.07. The average Bonchev–Trinajstić information content (AvgIpc) is 3.08. The van der Waals surface area contributed by atoms with Crippen molar-refractivity contribution in [3.63, 3.8) is 0 Å². The Morgan fingerprint density at radius 1 is 1.38 bits per heavy atom. The summed E-state index contributed by atoms with van der Waals surface area (Å²) in [7, 11) is 3.99. The molecule has 0 aromatic carbocycles. The van der Waals surface area contributed by atoms with Gasteiger partial charge in [-0.1, -0.05) is 0 Å². The third kappa shape index (κ3) is 6.46. The van der Waals surface area contributed by atoms with E-state index in [2.05, 4.69) is 24.2 Å². The lowest BCUT2D eigenvalue weighted by atomic mass is 10.1. The Bertz CT molecular complexity index is 171. The maximum Gasteiger partial charge on any atom is 0.0474 e. The predicted octanol–water partition coefficient (Wildman–Crippen LogP) is 1.88. The van der Waals surface area contributed by atoms with Crippen LogP contribution in [0.25, 0.3) is 0 Å². The van der Waals surface area contributed by atoms with Gasteiger partial charge in [-0.05, 0) is 52.6 Å². The minimum Gasteiger partial charge on any atom is -0.385 e. The molecule has 0 aliphatic heterocycles. The first-order valence-corrected chi connectivity index (χ1v) is 6.66. The standard InChI is InChI=1S/C13H28N2O/c1-12(15(2)10-5-11-16-3)6-4-9-14-13-7-8-13/h12-14H,4-11H2,1-3H3. The first-order valence-electron chi connectivity index (χ1n) is 6.66. The van der Waals surface area contributed by atoms with Crippen LogP contribution < -0.4 is 5.32 Å². The molecule has 1 aliphatic rings. The van der Waals surface area contributed by atoms with E-state index in [1.165, 1.54) is 32.2 Å². The molecule has 1 saturated carbocycles. The van der Waals surface area contributed by atoms with Gasteiger partial charge in [-0.2, -0.15) is 0 Å². The van der Waals surface area contributed by atoms with Crippen molar-refractivity contribution < 1.29 is 4.74 Å². The predicted molar refractivity (Wildman–Crippen MR) is 68.8 cm³/mol. The van der Waals surface area contributed by atoms with E-state index in [0.29, 0.717) is 6.04 Å². The molecule has 0 saturated heterocycles. The zero-order valence-corrected chi connectivity index (χ0v) is 11.2. The van der Waals surface area contributed by atoms with Crippen molar-refractivity contribution in [2.75, 3.05) is 33.9 Å². The van der Waals surface area contributed by atoms with Crippen LogP contribution in [0.4, 0.5) is 0 Å². The van der Waals surface area contributed by atoms with Crippen LogP contribution in [0.3, 0.4) is 0 Å². The van der Waals surface area contributed by atoms with Gasteiger partial charge in [-0.15, -0.1) is 0 Å². The Morgan fingerprint density at radius 2 is 2.12 bits per heavy atom. The van der Waals surface area contributed by atoms with Gasteiger partial charge in [0.2, 0.25) is 0 Å². The van der Waals surface area contributed by atoms with E-state index in [4.69, 9.17) is 4.74 Å². The van der Waals surface area contributed by atoms with Gasteiger partial charge in [0.05, 0.1) is 0 Å². The van der Waals surface area contributed by atoms with Gasteiger partial charge in [0.15, 0.2) is 0 Å². The molecule has 3 nitrogen and oxygen atoms in total. The van der Waals surface area contributed by atoms with Crippen molar-refractivity contribution in [1.82, 2.24) is 10.2 Å². The van der Waals surface area contributed by atoms with E-state index < -0.39 is 0 Å². The summed E-state index contributed by atoms with van der Waals surface area (Å²) in [5.41, 5.74) is 0. The zero-order chi connectivity index (χ0) is 11.8. The van der Waals surface area contributed by atoms with Crippen LogP contribution in [0.2, 0.25) is 0 Å². The number of hydrogen-bond donors (Lipinski definition) is 1. The Balaban J connectivity index is 1.92. The summed E-state index contributed by atoms with van der Waals surface area (Å²) in [6, 6.07) is 1.55. The van der Waals surface area contributed by atoms with Gasteiger partial charge in [0.1, 0.15) is 0 Å². The van der Waals surface area contributed by atoms with Crippen LogP contribution in [0, 0.1) is 0 Å². The second kappa shape index (κ2) is 8.04. The van der Waals surface area contributed by atoms with Crippen molar-refractivity contribution in [2.24, 2.45) is 0 Å². The van der Waals surface area contributed by atoms with Gasteiger partial charge in [0, 0.05) is 32.3 Å². The van der Waals surface area contributed by atoms with Gasteiger partial charge < -0.3 is 15.0 Å². The fourth-order valence-corrected chi connectivity index (χ4v) is 1.89. The van der Waals surface area contributed by atoms with Crippen molar-refractivity contribution in [2.45, 2.75) is 51.1 Å². The molecule has 0 amide bonds. The van der Waals surface area contributed by atoms with Crippen LogP contribution in [-0.4, -0.2) is 50.8 Å². The maximum atomic E-state index is 5.07. The van der Waals surface area contributed by atoms with E-state index in [-0.39, 0.29) is 0 Å². The Hall–Kier alpha value is -0.120. The molecule has 1 N–H and O–H groups in total. The fraction of sp³-hybridized carbons (Fsp3) is 1.00. The summed E-state index contributed by atoms with van der Waals surface area (Å²) in [4.78, 5) is 2.44. The minimum absolute atomic E-state index is 0.692. The minimum atomic E-state index is 0.692. The van der Waals surface area contributed by atoms with E-state index >= 15 is 0 Å². The molecular weight excluding hydrogens is 200 g/mol. The Labute approximate surface area is 101 Å². The maximum absolute atomic E-state index is 5.07. The first-order chi connectivity index (χ1) is 7.74. The smallest absolute Gasteiger partial charge is 0.0474 e. The number of rotatable bonds is 10. The Morgan fingerprint density at radius 3 is 2.75 bits per heavy atom. The molecule has 0 radical (unpaired) electrons. The molecule has 0 heterocycles. The second-order valence-corrected chi connectivity index (χ2v) is 5.05. The SMILES string of the molecule is COCCCN(C)C(C)CCCNC1CC1. The van der Waals surface area contributed by atoms with Crippen LogP contribution >= 0.6 is 0 Å². The highest BCUT2D eigenvalue weighted by Gasteiger charge is 2.19. The van der Waals surface area contributed by atoms with E-state index in [1.54, 1.807) is 7.11 Å². The molecule has 3 heteroatoms. The number of ether oxygens (including phenoxy) is 1. The average molecular weight is 228 g/mol. The van der Waals surface area contributed by atoms with Crippen molar-refractivity contribution in [3.05, 3.63) is 0 Å². The van der Waals surface area contributed by atoms with Gasteiger partial charge in [-0.25, -0.2) is 0 Å². The van der Waals surface area contributed by atoms with Crippen LogP contribution in [-0.2, 0) is 4.74 Å². The summed E-state index contributed by atoms with van der Waals surface area (Å²) in [6.07, 6.45) is 6.52. The third-order valence-corrected chi connectivity index (χ3v) is 3.42.